The molecular weight excluding hydrogens is 387 g/mol. The molecule has 1 amide bonds. The van der Waals surface area contributed by atoms with Gasteiger partial charge in [0.1, 0.15) is 5.75 Å². The van der Waals surface area contributed by atoms with E-state index in [1.54, 1.807) is 12.1 Å². The molecule has 25 heavy (non-hydrogen) atoms. The van der Waals surface area contributed by atoms with E-state index >= 15 is 0 Å². The number of sulfonamides is 1. The second-order valence-electron chi connectivity index (χ2n) is 5.13. The Labute approximate surface area is 156 Å². The molecule has 0 aromatic heterocycles. The van der Waals surface area contributed by atoms with Crippen LogP contribution in [0, 0.1) is 0 Å². The van der Waals surface area contributed by atoms with Gasteiger partial charge >= 0.3 is 0 Å². The summed E-state index contributed by atoms with van der Waals surface area (Å²) < 4.78 is 32.1. The maximum Gasteiger partial charge on any atom is 0.242 e. The van der Waals surface area contributed by atoms with Crippen LogP contribution in [-0.4, -0.2) is 27.5 Å². The molecule has 2 N–H and O–H groups in total. The number of nitrogens with one attached hydrogen (secondary N) is 2. The van der Waals surface area contributed by atoms with Gasteiger partial charge in [-0.2, -0.15) is 4.72 Å². The first-order valence-electron chi connectivity index (χ1n) is 7.15. The van der Waals surface area contributed by atoms with E-state index in [2.05, 4.69) is 10.0 Å². The molecule has 1 unspecified atom stereocenters. The van der Waals surface area contributed by atoms with Crippen LogP contribution in [0.4, 0.5) is 5.69 Å². The molecule has 0 saturated carbocycles. The van der Waals surface area contributed by atoms with Crippen molar-refractivity contribution in [3.05, 3.63) is 52.5 Å². The van der Waals surface area contributed by atoms with Gasteiger partial charge in [0.25, 0.3) is 0 Å². The Hall–Kier alpha value is -1.80. The average Bonchev–Trinajstić information content (AvgIpc) is 2.55. The van der Waals surface area contributed by atoms with Crippen LogP contribution in [0.25, 0.3) is 0 Å². The van der Waals surface area contributed by atoms with Crippen LogP contribution in [0.15, 0.2) is 47.4 Å². The molecule has 0 radical (unpaired) electrons. The average molecular weight is 403 g/mol. The highest BCUT2D eigenvalue weighted by molar-refractivity contribution is 7.89. The van der Waals surface area contributed by atoms with Gasteiger partial charge in [0, 0.05) is 10.0 Å². The Kier molecular flexibility index (Phi) is 6.29. The predicted octanol–water partition coefficient (Wildman–Crippen LogP) is 3.31. The number of benzene rings is 2. The Balaban J connectivity index is 2.12. The van der Waals surface area contributed by atoms with E-state index < -0.39 is 22.0 Å². The minimum Gasteiger partial charge on any atom is -0.495 e. The number of rotatable bonds is 6. The fraction of sp³-hybridized carbons (Fsp3) is 0.188. The molecule has 6 nitrogen and oxygen atoms in total. The van der Waals surface area contributed by atoms with Gasteiger partial charge in [0.2, 0.25) is 15.9 Å². The third-order valence-corrected chi connectivity index (χ3v) is 5.31. The van der Waals surface area contributed by atoms with Crippen molar-refractivity contribution in [2.45, 2.75) is 17.9 Å². The minimum atomic E-state index is -3.86. The topological polar surface area (TPSA) is 84.5 Å². The molecular formula is C16H16Cl2N2O4S. The van der Waals surface area contributed by atoms with E-state index in [0.717, 1.165) is 0 Å². The highest BCUT2D eigenvalue weighted by atomic mass is 35.5. The lowest BCUT2D eigenvalue weighted by Gasteiger charge is -2.16. The first kappa shape index (κ1) is 19.5. The van der Waals surface area contributed by atoms with Crippen LogP contribution < -0.4 is 14.8 Å². The van der Waals surface area contributed by atoms with E-state index in [0.29, 0.717) is 21.5 Å². The Bertz CT molecular complexity index is 870. The Morgan fingerprint density at radius 3 is 2.28 bits per heavy atom. The van der Waals surface area contributed by atoms with E-state index in [9.17, 15) is 13.2 Å². The summed E-state index contributed by atoms with van der Waals surface area (Å²) in [6.45, 7) is 1.43. The molecule has 0 aliphatic carbocycles. The van der Waals surface area contributed by atoms with Crippen molar-refractivity contribution in [1.82, 2.24) is 4.72 Å². The molecule has 0 spiro atoms. The smallest absolute Gasteiger partial charge is 0.242 e. The number of carbonyl (C=O) groups excluding carboxylic acids is 1. The van der Waals surface area contributed by atoms with Crippen LogP contribution >= 0.6 is 23.2 Å². The van der Waals surface area contributed by atoms with Gasteiger partial charge in [-0.3, -0.25) is 4.79 Å². The van der Waals surface area contributed by atoms with E-state index in [4.69, 9.17) is 27.9 Å². The van der Waals surface area contributed by atoms with E-state index in [1.807, 2.05) is 0 Å². The third-order valence-electron chi connectivity index (χ3n) is 3.27. The van der Waals surface area contributed by atoms with Crippen molar-refractivity contribution >= 4 is 44.8 Å². The summed E-state index contributed by atoms with van der Waals surface area (Å²) in [5.74, 6) is -0.149. The highest BCUT2D eigenvalue weighted by Crippen LogP contribution is 2.27. The summed E-state index contributed by atoms with van der Waals surface area (Å²) in [7, 11) is -2.41. The summed E-state index contributed by atoms with van der Waals surface area (Å²) in [6, 6.07) is 9.33. The van der Waals surface area contributed by atoms with Gasteiger partial charge in [-0.25, -0.2) is 8.42 Å². The maximum absolute atomic E-state index is 12.3. The van der Waals surface area contributed by atoms with Gasteiger partial charge in [-0.15, -0.1) is 0 Å². The highest BCUT2D eigenvalue weighted by Gasteiger charge is 2.22. The summed E-state index contributed by atoms with van der Waals surface area (Å²) in [6.07, 6.45) is 0. The monoisotopic (exact) mass is 402 g/mol. The van der Waals surface area contributed by atoms with Crippen LogP contribution in [0.5, 0.6) is 5.75 Å². The number of ether oxygens (including phenoxy) is 1. The third kappa shape index (κ3) is 5.09. The number of hydrogen-bond acceptors (Lipinski definition) is 4. The second kappa shape index (κ2) is 8.05. The SMILES string of the molecule is COc1ccc(Cl)cc1NC(=O)C(C)NS(=O)(=O)c1ccc(Cl)cc1. The van der Waals surface area contributed by atoms with Gasteiger partial charge in [-0.05, 0) is 49.4 Å². The van der Waals surface area contributed by atoms with E-state index in [-0.39, 0.29) is 4.90 Å². The van der Waals surface area contributed by atoms with Crippen LogP contribution in [0.1, 0.15) is 6.92 Å². The number of carbonyl (C=O) groups is 1. The molecule has 2 aromatic carbocycles. The molecule has 0 heterocycles. The summed E-state index contributed by atoms with van der Waals surface area (Å²) in [5.41, 5.74) is 0.345. The predicted molar refractivity (Wildman–Crippen MR) is 97.9 cm³/mol. The summed E-state index contributed by atoms with van der Waals surface area (Å²) >= 11 is 11.7. The summed E-state index contributed by atoms with van der Waals surface area (Å²) in [5, 5.41) is 3.41. The number of amides is 1. The van der Waals surface area contributed by atoms with Gasteiger partial charge in [0.15, 0.2) is 0 Å². The molecule has 1 atom stereocenters. The molecule has 2 aromatic rings. The normalized spacial score (nSPS) is 12.5. The minimum absolute atomic E-state index is 0.0110. The van der Waals surface area contributed by atoms with E-state index in [1.165, 1.54) is 44.4 Å². The fourth-order valence-corrected chi connectivity index (χ4v) is 3.49. The lowest BCUT2D eigenvalue weighted by molar-refractivity contribution is -0.117. The van der Waals surface area contributed by atoms with Crippen molar-refractivity contribution in [1.29, 1.82) is 0 Å². The largest absolute Gasteiger partial charge is 0.495 e. The fourth-order valence-electron chi connectivity index (χ4n) is 1.99. The Morgan fingerprint density at radius 1 is 1.08 bits per heavy atom. The van der Waals surface area contributed by atoms with Crippen molar-refractivity contribution in [3.8, 4) is 5.75 Å². The molecule has 2 rings (SSSR count). The summed E-state index contributed by atoms with van der Waals surface area (Å²) in [4.78, 5) is 12.3. The first-order chi connectivity index (χ1) is 11.7. The standard InChI is InChI=1S/C16H16Cl2N2O4S/c1-10(20-25(22,23)13-6-3-11(17)4-7-13)16(21)19-14-9-12(18)5-8-15(14)24-2/h3-10,20H,1-2H3,(H,19,21). The molecule has 0 saturated heterocycles. The van der Waals surface area contributed by atoms with Crippen molar-refractivity contribution in [2.75, 3.05) is 12.4 Å². The first-order valence-corrected chi connectivity index (χ1v) is 9.39. The Morgan fingerprint density at radius 2 is 1.68 bits per heavy atom. The van der Waals surface area contributed by atoms with Gasteiger partial charge in [0.05, 0.1) is 23.7 Å². The quantitative estimate of drug-likeness (QED) is 0.775. The zero-order valence-corrected chi connectivity index (χ0v) is 15.7. The number of hydrogen-bond donors (Lipinski definition) is 2. The van der Waals surface area contributed by atoms with Crippen molar-refractivity contribution in [3.63, 3.8) is 0 Å². The molecule has 134 valence electrons. The van der Waals surface area contributed by atoms with Crippen LogP contribution in [0.2, 0.25) is 10.0 Å². The molecule has 0 aliphatic rings. The van der Waals surface area contributed by atoms with Crippen molar-refractivity contribution in [2.24, 2.45) is 0 Å². The van der Waals surface area contributed by atoms with Crippen molar-refractivity contribution < 1.29 is 17.9 Å². The van der Waals surface area contributed by atoms with Crippen LogP contribution in [0.3, 0.4) is 0 Å². The zero-order chi connectivity index (χ0) is 18.6. The van der Waals surface area contributed by atoms with Crippen LogP contribution in [-0.2, 0) is 14.8 Å². The number of halogens is 2. The number of methoxy groups -OCH3 is 1. The van der Waals surface area contributed by atoms with Gasteiger partial charge in [-0.1, -0.05) is 23.2 Å². The molecule has 9 heteroatoms. The molecule has 0 bridgehead atoms. The lowest BCUT2D eigenvalue weighted by Crippen LogP contribution is -2.41. The molecule has 0 aliphatic heterocycles. The zero-order valence-electron chi connectivity index (χ0n) is 13.4. The second-order valence-corrected chi connectivity index (χ2v) is 7.72. The number of anilines is 1. The molecule has 0 fully saturated rings. The van der Waals surface area contributed by atoms with Gasteiger partial charge < -0.3 is 10.1 Å². The lowest BCUT2D eigenvalue weighted by atomic mass is 10.2. The maximum atomic E-state index is 12.3.